The molecule has 2 saturated heterocycles. The Balaban J connectivity index is 1.26. The highest BCUT2D eigenvalue weighted by Crippen LogP contribution is 2.38. The molecule has 0 radical (unpaired) electrons. The lowest BCUT2D eigenvalue weighted by Gasteiger charge is -2.41. The molecule has 5 rings (SSSR count). The molecule has 3 aromatic rings. The van der Waals surface area contributed by atoms with Crippen LogP contribution in [0.4, 0.5) is 4.79 Å². The maximum absolute atomic E-state index is 13.5. The van der Waals surface area contributed by atoms with Gasteiger partial charge in [-0.2, -0.15) is 0 Å². The van der Waals surface area contributed by atoms with E-state index in [0.717, 1.165) is 17.1 Å². The Kier molecular flexibility index (Phi) is 6.15. The van der Waals surface area contributed by atoms with E-state index < -0.39 is 5.54 Å². The molecule has 2 fully saturated rings. The Hall–Kier alpha value is -3.16. The number of halogens is 1. The second-order valence-corrected chi connectivity index (χ2v) is 9.26. The zero-order valence-electron chi connectivity index (χ0n) is 19.1. The van der Waals surface area contributed by atoms with Gasteiger partial charge in [0.05, 0.1) is 18.8 Å². The number of amides is 3. The number of imide groups is 1. The number of hydrogen-bond acceptors (Lipinski definition) is 5. The van der Waals surface area contributed by atoms with Crippen LogP contribution in [0.15, 0.2) is 65.2 Å². The van der Waals surface area contributed by atoms with Gasteiger partial charge < -0.3 is 9.32 Å². The summed E-state index contributed by atoms with van der Waals surface area (Å²) in [5.74, 6) is 1.54. The van der Waals surface area contributed by atoms with Crippen molar-refractivity contribution < 1.29 is 14.0 Å². The first-order chi connectivity index (χ1) is 16.5. The zero-order chi connectivity index (χ0) is 23.7. The largest absolute Gasteiger partial charge is 0.460 e. The third-order valence-electron chi connectivity index (χ3n) is 6.82. The zero-order valence-corrected chi connectivity index (χ0v) is 19.9. The summed E-state index contributed by atoms with van der Waals surface area (Å²) in [7, 11) is 0. The van der Waals surface area contributed by atoms with Crippen LogP contribution in [0, 0.1) is 0 Å². The van der Waals surface area contributed by atoms with Crippen LogP contribution in [-0.2, 0) is 17.9 Å². The number of furan rings is 1. The molecule has 2 aromatic heterocycles. The Morgan fingerprint density at radius 1 is 1.03 bits per heavy atom. The molecule has 1 spiro atoms. The van der Waals surface area contributed by atoms with Crippen molar-refractivity contribution in [1.82, 2.24) is 19.7 Å². The topological polar surface area (TPSA) is 69.9 Å². The Morgan fingerprint density at radius 3 is 2.56 bits per heavy atom. The van der Waals surface area contributed by atoms with Gasteiger partial charge >= 0.3 is 6.03 Å². The van der Waals surface area contributed by atoms with Crippen molar-refractivity contribution in [3.05, 3.63) is 77.3 Å². The van der Waals surface area contributed by atoms with E-state index in [-0.39, 0.29) is 18.5 Å². The van der Waals surface area contributed by atoms with E-state index in [0.29, 0.717) is 49.7 Å². The van der Waals surface area contributed by atoms with E-state index in [1.165, 1.54) is 4.90 Å². The number of benzene rings is 1. The van der Waals surface area contributed by atoms with Crippen molar-refractivity contribution in [2.24, 2.45) is 0 Å². The van der Waals surface area contributed by atoms with Crippen molar-refractivity contribution in [2.45, 2.75) is 38.4 Å². The molecule has 1 aromatic carbocycles. The maximum atomic E-state index is 13.5. The summed E-state index contributed by atoms with van der Waals surface area (Å²) < 4.78 is 6.06. The van der Waals surface area contributed by atoms with Crippen LogP contribution in [0.1, 0.15) is 31.2 Å². The fourth-order valence-corrected chi connectivity index (χ4v) is 5.25. The SMILES string of the molecule is CCN1C(=O)N(Cc2ccccn2)C(=O)C12CCN(Cc1ccc(-c3cccc(Cl)c3)o1)CC2. The van der Waals surface area contributed by atoms with Gasteiger partial charge in [-0.3, -0.25) is 19.6 Å². The second kappa shape index (κ2) is 9.24. The summed E-state index contributed by atoms with van der Waals surface area (Å²) in [6.45, 7) is 4.72. The highest BCUT2D eigenvalue weighted by molar-refractivity contribution is 6.30. The van der Waals surface area contributed by atoms with Gasteiger partial charge in [0.1, 0.15) is 17.1 Å². The van der Waals surface area contributed by atoms with E-state index in [1.807, 2.05) is 61.5 Å². The summed E-state index contributed by atoms with van der Waals surface area (Å²) in [6, 6.07) is 16.8. The lowest BCUT2D eigenvalue weighted by atomic mass is 9.85. The van der Waals surface area contributed by atoms with Gasteiger partial charge in [-0.15, -0.1) is 0 Å². The van der Waals surface area contributed by atoms with Gasteiger partial charge in [0.2, 0.25) is 0 Å². The van der Waals surface area contributed by atoms with E-state index in [1.54, 1.807) is 11.1 Å². The first kappa shape index (κ1) is 22.6. The van der Waals surface area contributed by atoms with Gasteiger partial charge in [-0.25, -0.2) is 4.79 Å². The van der Waals surface area contributed by atoms with Crippen LogP contribution >= 0.6 is 11.6 Å². The number of piperidine rings is 1. The molecule has 34 heavy (non-hydrogen) atoms. The predicted molar refractivity (Wildman–Crippen MR) is 129 cm³/mol. The summed E-state index contributed by atoms with van der Waals surface area (Å²) in [6.07, 6.45) is 2.89. The number of carbonyl (C=O) groups excluding carboxylic acids is 2. The monoisotopic (exact) mass is 478 g/mol. The first-order valence-corrected chi connectivity index (χ1v) is 12.0. The third-order valence-corrected chi connectivity index (χ3v) is 7.05. The number of rotatable bonds is 6. The Labute approximate surface area is 203 Å². The molecule has 0 aliphatic carbocycles. The fraction of sp³-hybridized carbons (Fsp3) is 0.346. The van der Waals surface area contributed by atoms with Crippen LogP contribution < -0.4 is 0 Å². The predicted octanol–water partition coefficient (Wildman–Crippen LogP) is 4.81. The average molecular weight is 479 g/mol. The number of likely N-dealkylation sites (tertiary alicyclic amines) is 1. The molecule has 4 heterocycles. The Bertz CT molecular complexity index is 1190. The number of aromatic nitrogens is 1. The summed E-state index contributed by atoms with van der Waals surface area (Å²) in [5.41, 5.74) is 0.882. The number of hydrogen-bond donors (Lipinski definition) is 0. The van der Waals surface area contributed by atoms with Crippen molar-refractivity contribution >= 4 is 23.5 Å². The molecular weight excluding hydrogens is 452 g/mol. The van der Waals surface area contributed by atoms with Crippen LogP contribution in [0.5, 0.6) is 0 Å². The van der Waals surface area contributed by atoms with Crippen LogP contribution in [-0.4, -0.2) is 56.8 Å². The highest BCUT2D eigenvalue weighted by Gasteiger charge is 2.57. The molecule has 7 nitrogen and oxygen atoms in total. The van der Waals surface area contributed by atoms with Gasteiger partial charge in [0.15, 0.2) is 0 Å². The second-order valence-electron chi connectivity index (χ2n) is 8.82. The number of urea groups is 1. The van der Waals surface area contributed by atoms with Crippen molar-refractivity contribution in [3.63, 3.8) is 0 Å². The average Bonchev–Trinajstić information content (AvgIpc) is 3.39. The summed E-state index contributed by atoms with van der Waals surface area (Å²) in [5, 5.41) is 0.671. The fourth-order valence-electron chi connectivity index (χ4n) is 5.06. The van der Waals surface area contributed by atoms with Gasteiger partial charge in [0.25, 0.3) is 5.91 Å². The van der Waals surface area contributed by atoms with Crippen LogP contribution in [0.3, 0.4) is 0 Å². The minimum Gasteiger partial charge on any atom is -0.460 e. The van der Waals surface area contributed by atoms with Crippen LogP contribution in [0.2, 0.25) is 5.02 Å². The molecule has 176 valence electrons. The summed E-state index contributed by atoms with van der Waals surface area (Å²) in [4.78, 5) is 36.3. The first-order valence-electron chi connectivity index (χ1n) is 11.6. The number of likely N-dealkylation sites (N-methyl/N-ethyl adjacent to an activating group) is 1. The normalized spacial score (nSPS) is 18.3. The molecule has 0 bridgehead atoms. The van der Waals surface area contributed by atoms with E-state index >= 15 is 0 Å². The summed E-state index contributed by atoms with van der Waals surface area (Å²) >= 11 is 6.11. The molecule has 0 saturated carbocycles. The lowest BCUT2D eigenvalue weighted by molar-refractivity contribution is -0.136. The minimum absolute atomic E-state index is 0.106. The van der Waals surface area contributed by atoms with Crippen molar-refractivity contribution in [3.8, 4) is 11.3 Å². The third kappa shape index (κ3) is 4.10. The van der Waals surface area contributed by atoms with Gasteiger partial charge in [-0.05, 0) is 56.2 Å². The van der Waals surface area contributed by atoms with E-state index in [2.05, 4.69) is 9.88 Å². The molecule has 3 amide bonds. The Morgan fingerprint density at radius 2 is 1.85 bits per heavy atom. The quantitative estimate of drug-likeness (QED) is 0.475. The number of pyridine rings is 1. The van der Waals surface area contributed by atoms with E-state index in [9.17, 15) is 9.59 Å². The van der Waals surface area contributed by atoms with Crippen molar-refractivity contribution in [1.29, 1.82) is 0 Å². The van der Waals surface area contributed by atoms with Crippen LogP contribution in [0.25, 0.3) is 11.3 Å². The highest BCUT2D eigenvalue weighted by atomic mass is 35.5. The molecule has 8 heteroatoms. The lowest BCUT2D eigenvalue weighted by Crippen LogP contribution is -2.56. The van der Waals surface area contributed by atoms with Gasteiger partial charge in [-0.1, -0.05) is 29.8 Å². The maximum Gasteiger partial charge on any atom is 0.328 e. The molecule has 0 atom stereocenters. The number of nitrogens with zero attached hydrogens (tertiary/aromatic N) is 4. The molecule has 2 aliphatic rings. The number of carbonyl (C=O) groups is 2. The van der Waals surface area contributed by atoms with E-state index in [4.69, 9.17) is 16.0 Å². The smallest absolute Gasteiger partial charge is 0.328 e. The molecular formula is C26H27ClN4O3. The molecule has 0 unspecified atom stereocenters. The van der Waals surface area contributed by atoms with Crippen molar-refractivity contribution in [2.75, 3.05) is 19.6 Å². The molecule has 0 N–H and O–H groups in total. The molecule has 2 aliphatic heterocycles. The van der Waals surface area contributed by atoms with Gasteiger partial charge in [0, 0.05) is 36.4 Å². The standard InChI is InChI=1S/C26H27ClN4O3/c1-2-31-25(33)30(17-21-8-3-4-13-28-21)24(32)26(31)11-14-29(15-12-26)18-22-9-10-23(34-22)19-6-5-7-20(27)16-19/h3-10,13,16H,2,11-12,14-15,17-18H2,1H3. The minimum atomic E-state index is -0.772.